The average molecular weight is 275 g/mol. The third-order valence-corrected chi connectivity index (χ3v) is 3.82. The van der Waals surface area contributed by atoms with Crippen molar-refractivity contribution in [1.82, 2.24) is 0 Å². The average Bonchev–Trinajstić information content (AvgIpc) is 2.45. The van der Waals surface area contributed by atoms with E-state index < -0.39 is 0 Å². The van der Waals surface area contributed by atoms with Gasteiger partial charge in [0.15, 0.2) is 0 Å². The summed E-state index contributed by atoms with van der Waals surface area (Å²) in [5, 5.41) is -0.0855. The molecule has 1 unspecified atom stereocenters. The SMILES string of the molecule is COCCc1ccc(C(Cl)c2ccccc2C)cc1. The summed E-state index contributed by atoms with van der Waals surface area (Å²) in [6.45, 7) is 2.85. The first-order chi connectivity index (χ1) is 9.22. The number of hydrogen-bond donors (Lipinski definition) is 0. The predicted octanol–water partition coefficient (Wildman–Crippen LogP) is 4.51. The van der Waals surface area contributed by atoms with Gasteiger partial charge in [-0.25, -0.2) is 0 Å². The molecule has 0 fully saturated rings. The molecule has 2 aromatic rings. The highest BCUT2D eigenvalue weighted by Gasteiger charge is 2.12. The fourth-order valence-electron chi connectivity index (χ4n) is 2.12. The monoisotopic (exact) mass is 274 g/mol. The lowest BCUT2D eigenvalue weighted by Gasteiger charge is -2.13. The van der Waals surface area contributed by atoms with Crippen molar-refractivity contribution in [2.45, 2.75) is 18.7 Å². The number of alkyl halides is 1. The van der Waals surface area contributed by atoms with Crippen molar-refractivity contribution < 1.29 is 4.74 Å². The first kappa shape index (κ1) is 14.1. The zero-order chi connectivity index (χ0) is 13.7. The highest BCUT2D eigenvalue weighted by molar-refractivity contribution is 6.22. The number of hydrogen-bond acceptors (Lipinski definition) is 1. The molecule has 1 atom stereocenters. The third-order valence-electron chi connectivity index (χ3n) is 3.33. The number of aryl methyl sites for hydroxylation is 1. The van der Waals surface area contributed by atoms with Crippen LogP contribution >= 0.6 is 11.6 Å². The van der Waals surface area contributed by atoms with Crippen LogP contribution < -0.4 is 0 Å². The van der Waals surface area contributed by atoms with Crippen LogP contribution in [0.3, 0.4) is 0 Å². The smallest absolute Gasteiger partial charge is 0.0838 e. The molecule has 0 aromatic heterocycles. The van der Waals surface area contributed by atoms with Gasteiger partial charge in [0.2, 0.25) is 0 Å². The number of benzene rings is 2. The Bertz CT molecular complexity index is 519. The highest BCUT2D eigenvalue weighted by Crippen LogP contribution is 2.30. The summed E-state index contributed by atoms with van der Waals surface area (Å²) in [6, 6.07) is 16.7. The largest absolute Gasteiger partial charge is 0.384 e. The lowest BCUT2D eigenvalue weighted by atomic mass is 9.99. The molecule has 0 amide bonds. The molecule has 2 aromatic carbocycles. The maximum Gasteiger partial charge on any atom is 0.0838 e. The Labute approximate surface area is 120 Å². The first-order valence-electron chi connectivity index (χ1n) is 6.49. The molecule has 0 aliphatic rings. The minimum absolute atomic E-state index is 0.0855. The molecule has 19 heavy (non-hydrogen) atoms. The standard InChI is InChI=1S/C17H19ClO/c1-13-5-3-4-6-16(13)17(18)15-9-7-14(8-10-15)11-12-19-2/h3-10,17H,11-12H2,1-2H3. The summed E-state index contributed by atoms with van der Waals surface area (Å²) >= 11 is 6.57. The van der Waals surface area contributed by atoms with Crippen molar-refractivity contribution in [2.24, 2.45) is 0 Å². The second-order valence-electron chi connectivity index (χ2n) is 4.70. The molecule has 0 heterocycles. The van der Waals surface area contributed by atoms with Crippen molar-refractivity contribution >= 4 is 11.6 Å². The normalized spacial score (nSPS) is 12.4. The summed E-state index contributed by atoms with van der Waals surface area (Å²) in [7, 11) is 1.72. The van der Waals surface area contributed by atoms with Crippen LogP contribution in [-0.2, 0) is 11.2 Å². The van der Waals surface area contributed by atoms with Crippen molar-refractivity contribution in [3.05, 3.63) is 70.8 Å². The minimum atomic E-state index is -0.0855. The maximum atomic E-state index is 6.57. The molecule has 2 heteroatoms. The van der Waals surface area contributed by atoms with Gasteiger partial charge in [-0.15, -0.1) is 11.6 Å². The molecule has 0 bridgehead atoms. The Hall–Kier alpha value is -1.31. The van der Waals surface area contributed by atoms with Gasteiger partial charge in [0.1, 0.15) is 0 Å². The van der Waals surface area contributed by atoms with E-state index in [2.05, 4.69) is 43.3 Å². The molecule has 0 saturated carbocycles. The van der Waals surface area contributed by atoms with Gasteiger partial charge < -0.3 is 4.74 Å². The summed E-state index contributed by atoms with van der Waals surface area (Å²) in [6.07, 6.45) is 0.939. The first-order valence-corrected chi connectivity index (χ1v) is 6.93. The molecule has 0 saturated heterocycles. The summed E-state index contributed by atoms with van der Waals surface area (Å²) in [5.41, 5.74) is 4.82. The Morgan fingerprint density at radius 2 is 1.74 bits per heavy atom. The summed E-state index contributed by atoms with van der Waals surface area (Å²) in [4.78, 5) is 0. The Morgan fingerprint density at radius 3 is 2.37 bits per heavy atom. The molecule has 0 radical (unpaired) electrons. The fourth-order valence-corrected chi connectivity index (χ4v) is 2.51. The van der Waals surface area contributed by atoms with Gasteiger partial charge in [0.05, 0.1) is 12.0 Å². The zero-order valence-corrected chi connectivity index (χ0v) is 12.2. The van der Waals surface area contributed by atoms with Crippen molar-refractivity contribution in [3.63, 3.8) is 0 Å². The molecule has 0 aliphatic carbocycles. The lowest BCUT2D eigenvalue weighted by Crippen LogP contribution is -1.98. The molecular weight excluding hydrogens is 256 g/mol. The van der Waals surface area contributed by atoms with E-state index in [0.29, 0.717) is 0 Å². The molecular formula is C17H19ClO. The van der Waals surface area contributed by atoms with Crippen molar-refractivity contribution in [1.29, 1.82) is 0 Å². The van der Waals surface area contributed by atoms with Crippen LogP contribution in [0, 0.1) is 6.92 Å². The second kappa shape index (κ2) is 6.74. The van der Waals surface area contributed by atoms with E-state index in [0.717, 1.165) is 18.6 Å². The predicted molar refractivity (Wildman–Crippen MR) is 80.9 cm³/mol. The zero-order valence-electron chi connectivity index (χ0n) is 11.4. The van der Waals surface area contributed by atoms with Gasteiger partial charge in [-0.1, -0.05) is 48.5 Å². The van der Waals surface area contributed by atoms with Gasteiger partial charge in [-0.3, -0.25) is 0 Å². The van der Waals surface area contributed by atoms with Crippen LogP contribution in [0.5, 0.6) is 0 Å². The molecule has 0 N–H and O–H groups in total. The second-order valence-corrected chi connectivity index (χ2v) is 5.14. The topological polar surface area (TPSA) is 9.23 Å². The summed E-state index contributed by atoms with van der Waals surface area (Å²) < 4.78 is 5.08. The molecule has 100 valence electrons. The molecule has 1 nitrogen and oxygen atoms in total. The number of ether oxygens (including phenoxy) is 1. The van der Waals surface area contributed by atoms with Gasteiger partial charge in [0.25, 0.3) is 0 Å². The number of methoxy groups -OCH3 is 1. The third kappa shape index (κ3) is 3.59. The van der Waals surface area contributed by atoms with Crippen molar-refractivity contribution in [2.75, 3.05) is 13.7 Å². The number of rotatable bonds is 5. The van der Waals surface area contributed by atoms with E-state index >= 15 is 0 Å². The van der Waals surface area contributed by atoms with Gasteiger partial charge in [-0.05, 0) is 35.6 Å². The van der Waals surface area contributed by atoms with E-state index in [1.165, 1.54) is 16.7 Å². The van der Waals surface area contributed by atoms with Crippen molar-refractivity contribution in [3.8, 4) is 0 Å². The lowest BCUT2D eigenvalue weighted by molar-refractivity contribution is 0.202. The van der Waals surface area contributed by atoms with Crippen LogP contribution in [0.4, 0.5) is 0 Å². The van der Waals surface area contributed by atoms with Crippen LogP contribution in [0.25, 0.3) is 0 Å². The van der Waals surface area contributed by atoms with Crippen LogP contribution in [-0.4, -0.2) is 13.7 Å². The van der Waals surface area contributed by atoms with Crippen LogP contribution in [0.2, 0.25) is 0 Å². The van der Waals surface area contributed by atoms with Gasteiger partial charge >= 0.3 is 0 Å². The van der Waals surface area contributed by atoms with Crippen LogP contribution in [0.1, 0.15) is 27.6 Å². The Balaban J connectivity index is 2.16. The highest BCUT2D eigenvalue weighted by atomic mass is 35.5. The van der Waals surface area contributed by atoms with E-state index in [-0.39, 0.29) is 5.38 Å². The molecule has 0 aliphatic heterocycles. The minimum Gasteiger partial charge on any atom is -0.384 e. The van der Waals surface area contributed by atoms with E-state index in [1.807, 2.05) is 12.1 Å². The van der Waals surface area contributed by atoms with Gasteiger partial charge in [-0.2, -0.15) is 0 Å². The number of halogens is 1. The Morgan fingerprint density at radius 1 is 1.05 bits per heavy atom. The van der Waals surface area contributed by atoms with Crippen LogP contribution in [0.15, 0.2) is 48.5 Å². The quantitative estimate of drug-likeness (QED) is 0.729. The van der Waals surface area contributed by atoms with Gasteiger partial charge in [0, 0.05) is 7.11 Å². The van der Waals surface area contributed by atoms with E-state index in [1.54, 1.807) is 7.11 Å². The molecule has 0 spiro atoms. The van der Waals surface area contributed by atoms with E-state index in [9.17, 15) is 0 Å². The molecule has 2 rings (SSSR count). The van der Waals surface area contributed by atoms with E-state index in [4.69, 9.17) is 16.3 Å². The maximum absolute atomic E-state index is 6.57. The fraction of sp³-hybridized carbons (Fsp3) is 0.294. The summed E-state index contributed by atoms with van der Waals surface area (Å²) in [5.74, 6) is 0. The Kier molecular flexibility index (Phi) is 5.00.